The zero-order valence-corrected chi connectivity index (χ0v) is 9.06. The molecule has 0 aromatic heterocycles. The largest absolute Gasteiger partial charge is 0.312 e. The standard InChI is InChI=1S/C10H18N2O2/c1-10(2,3)11-8-6-4-5-7-9(11)12(13)14/h6,8-9H,4-5,7H2,1-3H3. The van der Waals surface area contributed by atoms with Crippen LogP contribution in [0.25, 0.3) is 0 Å². The SMILES string of the molecule is CC(C)(C)N1C=CCCCC1[N+](=O)[O-]. The van der Waals surface area contributed by atoms with Crippen LogP contribution in [0.1, 0.15) is 40.0 Å². The minimum atomic E-state index is -0.561. The maximum Gasteiger partial charge on any atom is 0.287 e. The van der Waals surface area contributed by atoms with Crippen molar-refractivity contribution in [1.29, 1.82) is 0 Å². The second-order valence-corrected chi connectivity index (χ2v) is 4.66. The van der Waals surface area contributed by atoms with Crippen LogP contribution in [0.15, 0.2) is 12.3 Å². The van der Waals surface area contributed by atoms with Crippen LogP contribution in [0.3, 0.4) is 0 Å². The molecule has 1 heterocycles. The van der Waals surface area contributed by atoms with Crippen LogP contribution in [0, 0.1) is 10.1 Å². The van der Waals surface area contributed by atoms with Gasteiger partial charge in [0, 0.05) is 23.1 Å². The van der Waals surface area contributed by atoms with Crippen molar-refractivity contribution >= 4 is 0 Å². The first-order chi connectivity index (χ1) is 6.43. The quantitative estimate of drug-likeness (QED) is 0.480. The van der Waals surface area contributed by atoms with Crippen LogP contribution in [-0.4, -0.2) is 21.5 Å². The number of hydrogen-bond donors (Lipinski definition) is 0. The van der Waals surface area contributed by atoms with Gasteiger partial charge in [-0.3, -0.25) is 10.1 Å². The van der Waals surface area contributed by atoms with Crippen molar-refractivity contribution in [3.63, 3.8) is 0 Å². The predicted molar refractivity (Wildman–Crippen MR) is 55.4 cm³/mol. The lowest BCUT2D eigenvalue weighted by atomic mass is 10.1. The topological polar surface area (TPSA) is 46.4 Å². The van der Waals surface area contributed by atoms with E-state index in [2.05, 4.69) is 0 Å². The molecule has 1 unspecified atom stereocenters. The van der Waals surface area contributed by atoms with Crippen molar-refractivity contribution in [2.24, 2.45) is 0 Å². The Morgan fingerprint density at radius 1 is 1.50 bits per heavy atom. The van der Waals surface area contributed by atoms with Gasteiger partial charge in [0.1, 0.15) is 0 Å². The summed E-state index contributed by atoms with van der Waals surface area (Å²) in [6, 6.07) is 0. The lowest BCUT2D eigenvalue weighted by molar-refractivity contribution is -0.552. The van der Waals surface area contributed by atoms with E-state index in [4.69, 9.17) is 0 Å². The summed E-state index contributed by atoms with van der Waals surface area (Å²) < 4.78 is 0. The van der Waals surface area contributed by atoms with Crippen molar-refractivity contribution in [3.05, 3.63) is 22.4 Å². The molecular weight excluding hydrogens is 180 g/mol. The van der Waals surface area contributed by atoms with Crippen LogP contribution in [0.2, 0.25) is 0 Å². The Morgan fingerprint density at radius 3 is 2.64 bits per heavy atom. The monoisotopic (exact) mass is 198 g/mol. The molecule has 1 rings (SSSR count). The van der Waals surface area contributed by atoms with Crippen molar-refractivity contribution in [3.8, 4) is 0 Å². The fraction of sp³-hybridized carbons (Fsp3) is 0.800. The normalized spacial score (nSPS) is 23.4. The first-order valence-electron chi connectivity index (χ1n) is 5.01. The summed E-state index contributed by atoms with van der Waals surface area (Å²) in [5, 5.41) is 10.9. The Labute approximate surface area is 84.7 Å². The summed E-state index contributed by atoms with van der Waals surface area (Å²) in [7, 11) is 0. The summed E-state index contributed by atoms with van der Waals surface area (Å²) in [5.74, 6) is 0. The van der Waals surface area contributed by atoms with Gasteiger partial charge in [-0.1, -0.05) is 6.08 Å². The second kappa shape index (κ2) is 3.98. The summed E-state index contributed by atoms with van der Waals surface area (Å²) in [6.45, 7) is 6.00. The van der Waals surface area contributed by atoms with E-state index in [0.717, 1.165) is 12.8 Å². The number of nitrogens with zero attached hydrogens (tertiary/aromatic N) is 2. The van der Waals surface area contributed by atoms with Gasteiger partial charge >= 0.3 is 0 Å². The van der Waals surface area contributed by atoms with Gasteiger partial charge < -0.3 is 4.90 Å². The molecule has 0 aromatic carbocycles. The molecule has 0 aromatic rings. The predicted octanol–water partition coefficient (Wildman–Crippen LogP) is 2.39. The molecule has 0 aliphatic carbocycles. The fourth-order valence-corrected chi connectivity index (χ4v) is 1.72. The van der Waals surface area contributed by atoms with Gasteiger partial charge in [-0.05, 0) is 33.6 Å². The zero-order valence-electron chi connectivity index (χ0n) is 9.06. The fourth-order valence-electron chi connectivity index (χ4n) is 1.72. The first-order valence-corrected chi connectivity index (χ1v) is 5.01. The molecule has 0 spiro atoms. The van der Waals surface area contributed by atoms with E-state index in [0.29, 0.717) is 6.42 Å². The minimum Gasteiger partial charge on any atom is -0.312 e. The summed E-state index contributed by atoms with van der Waals surface area (Å²) in [5.41, 5.74) is -0.182. The van der Waals surface area contributed by atoms with Crippen molar-refractivity contribution < 1.29 is 4.92 Å². The van der Waals surface area contributed by atoms with Gasteiger partial charge in [-0.15, -0.1) is 0 Å². The van der Waals surface area contributed by atoms with E-state index in [-0.39, 0.29) is 10.5 Å². The molecule has 0 amide bonds. The summed E-state index contributed by atoms with van der Waals surface area (Å²) in [4.78, 5) is 12.6. The molecule has 0 saturated heterocycles. The van der Waals surface area contributed by atoms with Crippen LogP contribution >= 0.6 is 0 Å². The highest BCUT2D eigenvalue weighted by atomic mass is 16.6. The first kappa shape index (κ1) is 11.0. The molecule has 80 valence electrons. The van der Waals surface area contributed by atoms with Crippen LogP contribution in [0.5, 0.6) is 0 Å². The van der Waals surface area contributed by atoms with Crippen LogP contribution in [-0.2, 0) is 0 Å². The average molecular weight is 198 g/mol. The average Bonchev–Trinajstić information content (AvgIpc) is 2.26. The summed E-state index contributed by atoms with van der Waals surface area (Å²) >= 11 is 0. The van der Waals surface area contributed by atoms with Crippen molar-refractivity contribution in [2.45, 2.75) is 51.7 Å². The third kappa shape index (κ3) is 2.47. The van der Waals surface area contributed by atoms with E-state index < -0.39 is 6.17 Å². The lowest BCUT2D eigenvalue weighted by Gasteiger charge is -2.35. The van der Waals surface area contributed by atoms with E-state index in [1.54, 1.807) is 0 Å². The molecule has 0 saturated carbocycles. The molecule has 0 fully saturated rings. The Morgan fingerprint density at radius 2 is 2.14 bits per heavy atom. The van der Waals surface area contributed by atoms with Gasteiger partial charge in [-0.2, -0.15) is 0 Å². The van der Waals surface area contributed by atoms with E-state index >= 15 is 0 Å². The molecule has 4 nitrogen and oxygen atoms in total. The Kier molecular flexibility index (Phi) is 3.13. The van der Waals surface area contributed by atoms with Gasteiger partial charge in [0.15, 0.2) is 0 Å². The van der Waals surface area contributed by atoms with Crippen molar-refractivity contribution in [2.75, 3.05) is 0 Å². The highest BCUT2D eigenvalue weighted by Gasteiger charge is 2.34. The maximum atomic E-state index is 10.9. The third-order valence-electron chi connectivity index (χ3n) is 2.44. The van der Waals surface area contributed by atoms with Crippen molar-refractivity contribution in [1.82, 2.24) is 4.90 Å². The smallest absolute Gasteiger partial charge is 0.287 e. The van der Waals surface area contributed by atoms with Crippen LogP contribution < -0.4 is 0 Å². The van der Waals surface area contributed by atoms with Gasteiger partial charge in [0.2, 0.25) is 0 Å². The maximum absolute atomic E-state index is 10.9. The van der Waals surface area contributed by atoms with Crippen LogP contribution in [0.4, 0.5) is 0 Å². The number of rotatable bonds is 1. The lowest BCUT2D eigenvalue weighted by Crippen LogP contribution is -2.47. The molecule has 0 radical (unpaired) electrons. The molecule has 4 heteroatoms. The third-order valence-corrected chi connectivity index (χ3v) is 2.44. The molecule has 1 aliphatic heterocycles. The molecular formula is C10H18N2O2. The van der Waals surface area contributed by atoms with Gasteiger partial charge in [-0.25, -0.2) is 0 Å². The second-order valence-electron chi connectivity index (χ2n) is 4.66. The summed E-state index contributed by atoms with van der Waals surface area (Å²) in [6.07, 6.45) is 5.81. The number of nitro groups is 1. The number of allylic oxidation sites excluding steroid dienone is 1. The molecule has 0 N–H and O–H groups in total. The molecule has 14 heavy (non-hydrogen) atoms. The van der Waals surface area contributed by atoms with Gasteiger partial charge in [0.25, 0.3) is 6.17 Å². The molecule has 1 atom stereocenters. The molecule has 0 bridgehead atoms. The van der Waals surface area contributed by atoms with Gasteiger partial charge in [0.05, 0.1) is 0 Å². The van der Waals surface area contributed by atoms with E-state index in [9.17, 15) is 10.1 Å². The van der Waals surface area contributed by atoms with E-state index in [1.807, 2.05) is 37.9 Å². The Hall–Kier alpha value is -1.06. The zero-order chi connectivity index (χ0) is 10.8. The Bertz CT molecular complexity index is 243. The highest BCUT2D eigenvalue weighted by molar-refractivity contribution is 4.93. The molecule has 1 aliphatic rings. The Balaban J connectivity index is 2.89. The van der Waals surface area contributed by atoms with E-state index in [1.165, 1.54) is 0 Å². The minimum absolute atomic E-state index is 0.180. The number of hydrogen-bond acceptors (Lipinski definition) is 3. The highest BCUT2D eigenvalue weighted by Crippen LogP contribution is 2.24.